The molecule has 2 aliphatic rings. The molecule has 0 aliphatic carbocycles. The van der Waals surface area contributed by atoms with Gasteiger partial charge in [-0.3, -0.25) is 14.5 Å². The molecule has 3 heterocycles. The van der Waals surface area contributed by atoms with Crippen molar-refractivity contribution in [3.05, 3.63) is 36.0 Å². The fraction of sp³-hybridized carbons (Fsp3) is 0.600. The van der Waals surface area contributed by atoms with Gasteiger partial charge in [0.15, 0.2) is 0 Å². The second-order valence-corrected chi connectivity index (χ2v) is 9.83. The van der Waals surface area contributed by atoms with Gasteiger partial charge in [0.05, 0.1) is 0 Å². The zero-order chi connectivity index (χ0) is 22.7. The molecule has 7 nitrogen and oxygen atoms in total. The highest BCUT2D eigenvalue weighted by molar-refractivity contribution is 6.00. The molecular formula is C25H38ClN5O2. The fourth-order valence-corrected chi connectivity index (χ4v) is 5.01. The minimum Gasteiger partial charge on any atom is -0.361 e. The number of aromatic nitrogens is 1. The maximum atomic E-state index is 13.4. The van der Waals surface area contributed by atoms with E-state index in [9.17, 15) is 9.59 Å². The van der Waals surface area contributed by atoms with Crippen LogP contribution in [-0.4, -0.2) is 89.9 Å². The van der Waals surface area contributed by atoms with Crippen molar-refractivity contribution in [1.29, 1.82) is 0 Å². The highest BCUT2D eigenvalue weighted by Crippen LogP contribution is 2.19. The predicted molar refractivity (Wildman–Crippen MR) is 135 cm³/mol. The van der Waals surface area contributed by atoms with Gasteiger partial charge in [0.2, 0.25) is 5.91 Å². The van der Waals surface area contributed by atoms with Gasteiger partial charge in [-0.05, 0) is 68.9 Å². The molecule has 0 unspecified atom stereocenters. The standard InChI is InChI=1S/C25H37N5O2.ClH/c1-18(2)16-23(27-24(31)20-5-4-19-6-9-26-22(19)17-20)25(32)30-14-12-29(13-15-30)21-7-10-28(3)11-8-21;/h4-6,9,17-18,21,23,26H,7-8,10-16H2,1-3H3,(H,27,31);1H/t23-;/m1./s1. The van der Waals surface area contributed by atoms with Crippen molar-refractivity contribution in [3.8, 4) is 0 Å². The molecule has 2 N–H and O–H groups in total. The first-order valence-corrected chi connectivity index (χ1v) is 12.0. The molecule has 0 spiro atoms. The van der Waals surface area contributed by atoms with Crippen molar-refractivity contribution < 1.29 is 9.59 Å². The number of nitrogens with one attached hydrogen (secondary N) is 2. The number of benzene rings is 1. The number of nitrogens with zero attached hydrogens (tertiary/aromatic N) is 3. The number of hydrogen-bond donors (Lipinski definition) is 2. The zero-order valence-corrected chi connectivity index (χ0v) is 20.9. The highest BCUT2D eigenvalue weighted by atomic mass is 35.5. The fourth-order valence-electron chi connectivity index (χ4n) is 5.01. The summed E-state index contributed by atoms with van der Waals surface area (Å²) >= 11 is 0. The van der Waals surface area contributed by atoms with Crippen LogP contribution in [0.3, 0.4) is 0 Å². The molecule has 8 heteroatoms. The van der Waals surface area contributed by atoms with Gasteiger partial charge in [-0.15, -0.1) is 12.4 Å². The molecule has 0 radical (unpaired) electrons. The van der Waals surface area contributed by atoms with Crippen LogP contribution in [0.1, 0.15) is 43.5 Å². The lowest BCUT2D eigenvalue weighted by atomic mass is 10.0. The minimum absolute atomic E-state index is 0. The molecular weight excluding hydrogens is 438 g/mol. The van der Waals surface area contributed by atoms with Gasteiger partial charge in [-0.2, -0.15) is 0 Å². The third kappa shape index (κ3) is 6.28. The number of fused-ring (bicyclic) bond motifs is 1. The summed E-state index contributed by atoms with van der Waals surface area (Å²) in [6.45, 7) is 9.82. The Morgan fingerprint density at radius 1 is 1.06 bits per heavy atom. The topological polar surface area (TPSA) is 71.7 Å². The number of piperidine rings is 1. The molecule has 2 aliphatic heterocycles. The summed E-state index contributed by atoms with van der Waals surface area (Å²) in [6, 6.07) is 7.73. The van der Waals surface area contributed by atoms with Crippen LogP contribution in [0.15, 0.2) is 30.5 Å². The van der Waals surface area contributed by atoms with E-state index < -0.39 is 6.04 Å². The van der Waals surface area contributed by atoms with Gasteiger partial charge in [-0.25, -0.2) is 0 Å². The molecule has 33 heavy (non-hydrogen) atoms. The van der Waals surface area contributed by atoms with Crippen molar-refractivity contribution in [2.45, 2.75) is 45.2 Å². The number of rotatable bonds is 6. The maximum absolute atomic E-state index is 13.4. The second-order valence-electron chi connectivity index (χ2n) is 9.83. The molecule has 2 saturated heterocycles. The van der Waals surface area contributed by atoms with Crippen LogP contribution in [0.5, 0.6) is 0 Å². The normalized spacial score (nSPS) is 19.5. The molecule has 0 saturated carbocycles. The Morgan fingerprint density at radius 2 is 1.76 bits per heavy atom. The van der Waals surface area contributed by atoms with Gasteiger partial charge >= 0.3 is 0 Å². The van der Waals surface area contributed by atoms with Crippen molar-refractivity contribution in [1.82, 2.24) is 25.0 Å². The molecule has 1 aromatic heterocycles. The first-order chi connectivity index (χ1) is 15.4. The number of hydrogen-bond acceptors (Lipinski definition) is 4. The molecule has 1 atom stereocenters. The lowest BCUT2D eigenvalue weighted by molar-refractivity contribution is -0.135. The SMILES string of the molecule is CC(C)C[C@@H](NC(=O)c1ccc2cc[nH]c2c1)C(=O)N1CCN(C2CCN(C)CC2)CC1.Cl. The number of carbonyl (C=O) groups excluding carboxylic acids is 2. The van der Waals surface area contributed by atoms with E-state index in [2.05, 4.69) is 41.0 Å². The van der Waals surface area contributed by atoms with Gasteiger partial charge < -0.3 is 20.1 Å². The van der Waals surface area contributed by atoms with E-state index in [-0.39, 0.29) is 24.2 Å². The van der Waals surface area contributed by atoms with E-state index >= 15 is 0 Å². The Labute approximate surface area is 203 Å². The molecule has 182 valence electrons. The van der Waals surface area contributed by atoms with Crippen LogP contribution in [0.25, 0.3) is 10.9 Å². The molecule has 2 aromatic rings. The number of carbonyl (C=O) groups is 2. The maximum Gasteiger partial charge on any atom is 0.252 e. The predicted octanol–water partition coefficient (Wildman–Crippen LogP) is 2.97. The summed E-state index contributed by atoms with van der Waals surface area (Å²) in [4.78, 5) is 36.4. The molecule has 4 rings (SSSR count). The summed E-state index contributed by atoms with van der Waals surface area (Å²) < 4.78 is 0. The summed E-state index contributed by atoms with van der Waals surface area (Å²) in [5, 5.41) is 4.10. The molecule has 1 aromatic carbocycles. The van der Waals surface area contributed by atoms with E-state index in [1.807, 2.05) is 35.4 Å². The molecule has 2 amide bonds. The Balaban J connectivity index is 0.00000306. The number of amides is 2. The Hall–Kier alpha value is -2.09. The quantitative estimate of drug-likeness (QED) is 0.673. The minimum atomic E-state index is -0.489. The highest BCUT2D eigenvalue weighted by Gasteiger charge is 2.32. The van der Waals surface area contributed by atoms with E-state index in [0.29, 0.717) is 23.9 Å². The first-order valence-electron chi connectivity index (χ1n) is 12.0. The Bertz CT molecular complexity index is 930. The summed E-state index contributed by atoms with van der Waals surface area (Å²) in [5.74, 6) is 0.178. The number of piperazine rings is 1. The van der Waals surface area contributed by atoms with Crippen LogP contribution in [0.2, 0.25) is 0 Å². The monoisotopic (exact) mass is 475 g/mol. The average Bonchev–Trinajstić information content (AvgIpc) is 3.26. The van der Waals surface area contributed by atoms with Crippen LogP contribution in [0.4, 0.5) is 0 Å². The van der Waals surface area contributed by atoms with Crippen molar-refractivity contribution in [2.24, 2.45) is 5.92 Å². The number of halogens is 1. The Kier molecular flexibility index (Phi) is 8.79. The van der Waals surface area contributed by atoms with Gasteiger partial charge in [-0.1, -0.05) is 19.9 Å². The van der Waals surface area contributed by atoms with Crippen LogP contribution in [0, 0.1) is 5.92 Å². The summed E-state index contributed by atoms with van der Waals surface area (Å²) in [6.07, 6.45) is 4.93. The van der Waals surface area contributed by atoms with Crippen LogP contribution < -0.4 is 5.32 Å². The lowest BCUT2D eigenvalue weighted by Crippen LogP contribution is -2.57. The van der Waals surface area contributed by atoms with Gasteiger partial charge in [0.25, 0.3) is 5.91 Å². The molecule has 2 fully saturated rings. The zero-order valence-electron chi connectivity index (χ0n) is 20.0. The largest absolute Gasteiger partial charge is 0.361 e. The van der Waals surface area contributed by atoms with Gasteiger partial charge in [0.1, 0.15) is 6.04 Å². The lowest BCUT2D eigenvalue weighted by Gasteiger charge is -2.42. The summed E-state index contributed by atoms with van der Waals surface area (Å²) in [5.41, 5.74) is 1.50. The number of likely N-dealkylation sites (tertiary alicyclic amines) is 1. The smallest absolute Gasteiger partial charge is 0.252 e. The first kappa shape index (κ1) is 25.5. The van der Waals surface area contributed by atoms with Crippen molar-refractivity contribution in [2.75, 3.05) is 46.3 Å². The average molecular weight is 476 g/mol. The molecule has 0 bridgehead atoms. The van der Waals surface area contributed by atoms with E-state index in [1.165, 1.54) is 12.8 Å². The third-order valence-electron chi connectivity index (χ3n) is 6.96. The van der Waals surface area contributed by atoms with Crippen molar-refractivity contribution in [3.63, 3.8) is 0 Å². The summed E-state index contributed by atoms with van der Waals surface area (Å²) in [7, 11) is 2.19. The van der Waals surface area contributed by atoms with Crippen LogP contribution in [-0.2, 0) is 4.79 Å². The van der Waals surface area contributed by atoms with Crippen LogP contribution >= 0.6 is 12.4 Å². The van der Waals surface area contributed by atoms with E-state index in [4.69, 9.17) is 0 Å². The third-order valence-corrected chi connectivity index (χ3v) is 6.96. The van der Waals surface area contributed by atoms with Crippen molar-refractivity contribution >= 4 is 35.1 Å². The van der Waals surface area contributed by atoms with E-state index in [0.717, 1.165) is 50.2 Å². The second kappa shape index (κ2) is 11.4. The number of H-pyrrole nitrogens is 1. The van der Waals surface area contributed by atoms with Gasteiger partial charge in [0, 0.05) is 49.5 Å². The van der Waals surface area contributed by atoms with E-state index in [1.54, 1.807) is 0 Å². The number of aromatic amines is 1. The Morgan fingerprint density at radius 3 is 2.42 bits per heavy atom.